The first-order valence-electron chi connectivity index (χ1n) is 10.4. The van der Waals surface area contributed by atoms with Crippen molar-refractivity contribution >= 4 is 17.5 Å². The lowest BCUT2D eigenvalue weighted by Crippen LogP contribution is -2.39. The van der Waals surface area contributed by atoms with Crippen molar-refractivity contribution < 1.29 is 4.79 Å². The van der Waals surface area contributed by atoms with Crippen molar-refractivity contribution in [3.05, 3.63) is 34.9 Å². The molecule has 1 amide bonds. The Morgan fingerprint density at radius 1 is 1.12 bits per heavy atom. The molecule has 1 fully saturated rings. The number of amides is 1. The van der Waals surface area contributed by atoms with E-state index in [9.17, 15) is 4.79 Å². The molecule has 1 saturated heterocycles. The molecule has 0 aromatic heterocycles. The molecule has 0 spiro atoms. The highest BCUT2D eigenvalue weighted by Gasteiger charge is 2.19. The number of halogens is 1. The van der Waals surface area contributed by atoms with Gasteiger partial charge in [0.25, 0.3) is 0 Å². The van der Waals surface area contributed by atoms with Crippen LogP contribution >= 0.6 is 11.6 Å². The van der Waals surface area contributed by atoms with Gasteiger partial charge in [-0.15, -0.1) is 0 Å². The number of hydrogen-bond donors (Lipinski definition) is 0. The number of likely N-dealkylation sites (tertiary alicyclic amines) is 1. The van der Waals surface area contributed by atoms with Gasteiger partial charge in [-0.25, -0.2) is 0 Å². The summed E-state index contributed by atoms with van der Waals surface area (Å²) in [5.74, 6) is 0.357. The molecule has 1 aliphatic rings. The molecule has 1 aromatic carbocycles. The van der Waals surface area contributed by atoms with E-state index < -0.39 is 0 Å². The molecule has 0 saturated carbocycles. The SMILES string of the molecule is CCCN(CCCCN1CCCCC1=O)C(CC)Cc1ccc(Cl)cc1. The van der Waals surface area contributed by atoms with Crippen LogP contribution in [0.15, 0.2) is 24.3 Å². The molecule has 0 aliphatic carbocycles. The van der Waals surface area contributed by atoms with E-state index in [1.165, 1.54) is 24.8 Å². The zero-order valence-corrected chi connectivity index (χ0v) is 17.3. The average molecular weight is 379 g/mol. The van der Waals surface area contributed by atoms with Gasteiger partial charge in [0.1, 0.15) is 0 Å². The Hall–Kier alpha value is -1.06. The molecule has 26 heavy (non-hydrogen) atoms. The first-order chi connectivity index (χ1) is 12.6. The highest BCUT2D eigenvalue weighted by molar-refractivity contribution is 6.30. The zero-order valence-electron chi connectivity index (χ0n) is 16.6. The van der Waals surface area contributed by atoms with Crippen molar-refractivity contribution in [2.75, 3.05) is 26.2 Å². The lowest BCUT2D eigenvalue weighted by Gasteiger charge is -2.32. The van der Waals surface area contributed by atoms with Crippen LogP contribution in [-0.2, 0) is 11.2 Å². The van der Waals surface area contributed by atoms with Crippen LogP contribution < -0.4 is 0 Å². The fourth-order valence-electron chi connectivity index (χ4n) is 3.90. The molecule has 2 rings (SSSR count). The largest absolute Gasteiger partial charge is 0.343 e. The van der Waals surface area contributed by atoms with Gasteiger partial charge in [-0.05, 0) is 75.7 Å². The Bertz CT molecular complexity index is 531. The second-order valence-corrected chi connectivity index (χ2v) is 7.91. The van der Waals surface area contributed by atoms with Crippen LogP contribution in [0.3, 0.4) is 0 Å². The molecule has 4 heteroatoms. The van der Waals surface area contributed by atoms with Crippen molar-refractivity contribution in [3.8, 4) is 0 Å². The Labute approximate surface area is 164 Å². The van der Waals surface area contributed by atoms with Crippen molar-refractivity contribution in [2.45, 2.75) is 71.3 Å². The Morgan fingerprint density at radius 3 is 2.54 bits per heavy atom. The molecule has 146 valence electrons. The van der Waals surface area contributed by atoms with Gasteiger partial charge in [-0.1, -0.05) is 37.6 Å². The number of carbonyl (C=O) groups excluding carboxylic acids is 1. The molecular weight excluding hydrogens is 344 g/mol. The predicted octanol–water partition coefficient (Wildman–Crippen LogP) is 5.17. The molecule has 1 aliphatic heterocycles. The quantitative estimate of drug-likeness (QED) is 0.496. The maximum absolute atomic E-state index is 11.9. The van der Waals surface area contributed by atoms with Crippen molar-refractivity contribution in [2.24, 2.45) is 0 Å². The molecule has 3 nitrogen and oxygen atoms in total. The molecule has 1 aromatic rings. The summed E-state index contributed by atoms with van der Waals surface area (Å²) in [6, 6.07) is 8.86. The summed E-state index contributed by atoms with van der Waals surface area (Å²) in [6.45, 7) is 8.72. The van der Waals surface area contributed by atoms with E-state index in [1.54, 1.807) is 0 Å². The lowest BCUT2D eigenvalue weighted by molar-refractivity contribution is -0.133. The predicted molar refractivity (Wildman–Crippen MR) is 111 cm³/mol. The van der Waals surface area contributed by atoms with E-state index in [4.69, 9.17) is 11.6 Å². The van der Waals surface area contributed by atoms with E-state index >= 15 is 0 Å². The van der Waals surface area contributed by atoms with Crippen LogP contribution in [-0.4, -0.2) is 47.9 Å². The number of benzene rings is 1. The minimum atomic E-state index is 0.357. The summed E-state index contributed by atoms with van der Waals surface area (Å²) in [6.07, 6.45) is 8.70. The molecule has 1 atom stereocenters. The van der Waals surface area contributed by atoms with Gasteiger partial charge in [0, 0.05) is 30.6 Å². The van der Waals surface area contributed by atoms with E-state index in [2.05, 4.69) is 35.8 Å². The number of nitrogens with zero attached hydrogens (tertiary/aromatic N) is 2. The number of rotatable bonds is 11. The molecule has 1 unspecified atom stereocenters. The van der Waals surface area contributed by atoms with Crippen LogP contribution in [0.5, 0.6) is 0 Å². The highest BCUT2D eigenvalue weighted by atomic mass is 35.5. The van der Waals surface area contributed by atoms with Gasteiger partial charge >= 0.3 is 0 Å². The summed E-state index contributed by atoms with van der Waals surface area (Å²) >= 11 is 6.01. The van der Waals surface area contributed by atoms with Gasteiger partial charge in [0.15, 0.2) is 0 Å². The van der Waals surface area contributed by atoms with Crippen molar-refractivity contribution in [3.63, 3.8) is 0 Å². The first kappa shape index (κ1) is 21.2. The maximum Gasteiger partial charge on any atom is 0.222 e. The van der Waals surface area contributed by atoms with Gasteiger partial charge in [0.05, 0.1) is 0 Å². The van der Waals surface area contributed by atoms with Crippen LogP contribution in [0.2, 0.25) is 5.02 Å². The van der Waals surface area contributed by atoms with E-state index in [-0.39, 0.29) is 0 Å². The standard InChI is InChI=1S/C22H35ClN2O/c1-3-14-24(15-7-8-17-25-16-6-5-9-22(25)26)21(4-2)18-19-10-12-20(23)13-11-19/h10-13,21H,3-9,14-18H2,1-2H3. The van der Waals surface area contributed by atoms with Gasteiger partial charge in [-0.3, -0.25) is 4.79 Å². The smallest absolute Gasteiger partial charge is 0.222 e. The zero-order chi connectivity index (χ0) is 18.8. The molecule has 0 bridgehead atoms. The minimum absolute atomic E-state index is 0.357. The fourth-order valence-corrected chi connectivity index (χ4v) is 4.03. The fraction of sp³-hybridized carbons (Fsp3) is 0.682. The monoisotopic (exact) mass is 378 g/mol. The number of unbranched alkanes of at least 4 members (excludes halogenated alkanes) is 1. The number of hydrogen-bond acceptors (Lipinski definition) is 2. The first-order valence-corrected chi connectivity index (χ1v) is 10.8. The van der Waals surface area contributed by atoms with Crippen LogP contribution in [0.1, 0.15) is 64.4 Å². The highest BCUT2D eigenvalue weighted by Crippen LogP contribution is 2.17. The number of carbonyl (C=O) groups is 1. The average Bonchev–Trinajstić information content (AvgIpc) is 2.65. The maximum atomic E-state index is 11.9. The summed E-state index contributed by atoms with van der Waals surface area (Å²) < 4.78 is 0. The van der Waals surface area contributed by atoms with Crippen molar-refractivity contribution in [1.29, 1.82) is 0 Å². The van der Waals surface area contributed by atoms with E-state index in [0.717, 1.165) is 63.3 Å². The van der Waals surface area contributed by atoms with E-state index in [1.807, 2.05) is 12.1 Å². The number of piperidine rings is 1. The Kier molecular flexibility index (Phi) is 9.49. The summed E-state index contributed by atoms with van der Waals surface area (Å²) in [4.78, 5) is 16.6. The van der Waals surface area contributed by atoms with Crippen LogP contribution in [0, 0.1) is 0 Å². The summed E-state index contributed by atoms with van der Waals surface area (Å²) in [7, 11) is 0. The van der Waals surface area contributed by atoms with Gasteiger partial charge in [0.2, 0.25) is 5.91 Å². The summed E-state index contributed by atoms with van der Waals surface area (Å²) in [5, 5.41) is 0.805. The second-order valence-electron chi connectivity index (χ2n) is 7.47. The second kappa shape index (κ2) is 11.6. The third-order valence-corrected chi connectivity index (χ3v) is 5.68. The Morgan fingerprint density at radius 2 is 1.88 bits per heavy atom. The normalized spacial score (nSPS) is 16.3. The topological polar surface area (TPSA) is 23.6 Å². The Balaban J connectivity index is 1.81. The molecule has 0 radical (unpaired) electrons. The van der Waals surface area contributed by atoms with Gasteiger partial charge in [-0.2, -0.15) is 0 Å². The third-order valence-electron chi connectivity index (χ3n) is 5.43. The van der Waals surface area contributed by atoms with Crippen LogP contribution in [0.25, 0.3) is 0 Å². The minimum Gasteiger partial charge on any atom is -0.343 e. The lowest BCUT2D eigenvalue weighted by atomic mass is 10.0. The van der Waals surface area contributed by atoms with E-state index in [0.29, 0.717) is 11.9 Å². The summed E-state index contributed by atoms with van der Waals surface area (Å²) in [5.41, 5.74) is 1.36. The van der Waals surface area contributed by atoms with Gasteiger partial charge < -0.3 is 9.80 Å². The molecule has 1 heterocycles. The molecule has 0 N–H and O–H groups in total. The third kappa shape index (κ3) is 6.92. The van der Waals surface area contributed by atoms with Crippen LogP contribution in [0.4, 0.5) is 0 Å². The van der Waals surface area contributed by atoms with Crippen molar-refractivity contribution in [1.82, 2.24) is 9.80 Å². The molecular formula is C22H35ClN2O.